The van der Waals surface area contributed by atoms with Crippen LogP contribution in [0.25, 0.3) is 0 Å². The third kappa shape index (κ3) is 4.04. The molecule has 138 valence electrons. The molecule has 1 N–H and O–H groups in total. The molecule has 0 bridgehead atoms. The van der Waals surface area contributed by atoms with Gasteiger partial charge in [0.25, 0.3) is 5.91 Å². The number of ether oxygens (including phenoxy) is 4. The lowest BCUT2D eigenvalue weighted by Crippen LogP contribution is -2.22. The standard InChI is InChI=1S/C19H20BrNO5/c1-3-6-24-18-14(20)8-13(9-17(18)23-2)19(22)21-10-12-4-5-15-16(7-12)26-11-25-15/h4-5,7-9H,3,6,10-11H2,1-2H3,(H,21,22). The molecule has 7 heteroatoms. The highest BCUT2D eigenvalue weighted by Gasteiger charge is 2.17. The number of fused-ring (bicyclic) bond motifs is 1. The summed E-state index contributed by atoms with van der Waals surface area (Å²) in [7, 11) is 1.55. The van der Waals surface area contributed by atoms with Gasteiger partial charge >= 0.3 is 0 Å². The van der Waals surface area contributed by atoms with E-state index in [0.717, 1.165) is 17.7 Å². The van der Waals surface area contributed by atoms with Gasteiger partial charge in [-0.25, -0.2) is 0 Å². The molecule has 0 fully saturated rings. The Kier molecular flexibility index (Phi) is 5.88. The van der Waals surface area contributed by atoms with Crippen molar-refractivity contribution < 1.29 is 23.7 Å². The van der Waals surface area contributed by atoms with Crippen molar-refractivity contribution in [1.29, 1.82) is 0 Å². The Morgan fingerprint density at radius 1 is 1.23 bits per heavy atom. The first-order valence-electron chi connectivity index (χ1n) is 8.29. The van der Waals surface area contributed by atoms with Crippen molar-refractivity contribution in [2.75, 3.05) is 20.5 Å². The minimum atomic E-state index is -0.205. The Bertz CT molecular complexity index is 809. The number of nitrogens with one attached hydrogen (secondary N) is 1. The number of carbonyl (C=O) groups excluding carboxylic acids is 1. The van der Waals surface area contributed by atoms with E-state index in [1.165, 1.54) is 0 Å². The largest absolute Gasteiger partial charge is 0.493 e. The number of hydrogen-bond acceptors (Lipinski definition) is 5. The van der Waals surface area contributed by atoms with Crippen molar-refractivity contribution in [2.24, 2.45) is 0 Å². The van der Waals surface area contributed by atoms with Crippen molar-refractivity contribution in [3.8, 4) is 23.0 Å². The van der Waals surface area contributed by atoms with E-state index in [-0.39, 0.29) is 12.7 Å². The predicted molar refractivity (Wildman–Crippen MR) is 100 cm³/mol. The van der Waals surface area contributed by atoms with Crippen molar-refractivity contribution >= 4 is 21.8 Å². The molecular formula is C19H20BrNO5. The predicted octanol–water partition coefficient (Wildman–Crippen LogP) is 3.91. The Balaban J connectivity index is 1.70. The Labute approximate surface area is 160 Å². The van der Waals surface area contributed by atoms with Crippen LogP contribution in [0.3, 0.4) is 0 Å². The highest BCUT2D eigenvalue weighted by Crippen LogP contribution is 2.37. The maximum Gasteiger partial charge on any atom is 0.251 e. The SMILES string of the molecule is CCCOc1c(Br)cc(C(=O)NCc2ccc3c(c2)OCO3)cc1OC. The molecule has 2 aromatic rings. The summed E-state index contributed by atoms with van der Waals surface area (Å²) in [5.41, 5.74) is 1.41. The van der Waals surface area contributed by atoms with Gasteiger partial charge in [0.15, 0.2) is 23.0 Å². The van der Waals surface area contributed by atoms with Crippen LogP contribution in [0, 0.1) is 0 Å². The number of benzene rings is 2. The molecule has 0 aliphatic carbocycles. The minimum Gasteiger partial charge on any atom is -0.493 e. The van der Waals surface area contributed by atoms with E-state index in [1.54, 1.807) is 19.2 Å². The quantitative estimate of drug-likeness (QED) is 0.733. The van der Waals surface area contributed by atoms with Crippen LogP contribution in [0.5, 0.6) is 23.0 Å². The van der Waals surface area contributed by atoms with E-state index in [1.807, 2.05) is 25.1 Å². The monoisotopic (exact) mass is 421 g/mol. The molecule has 0 saturated heterocycles. The van der Waals surface area contributed by atoms with Crippen molar-refractivity contribution in [1.82, 2.24) is 5.32 Å². The number of hydrogen-bond donors (Lipinski definition) is 1. The number of rotatable bonds is 7. The van der Waals surface area contributed by atoms with Crippen molar-refractivity contribution in [2.45, 2.75) is 19.9 Å². The molecule has 1 amide bonds. The maximum absolute atomic E-state index is 12.5. The third-order valence-corrected chi connectivity index (χ3v) is 4.42. The Morgan fingerprint density at radius 2 is 2.04 bits per heavy atom. The summed E-state index contributed by atoms with van der Waals surface area (Å²) in [4.78, 5) is 12.5. The first kappa shape index (κ1) is 18.4. The Morgan fingerprint density at radius 3 is 2.81 bits per heavy atom. The van der Waals surface area contributed by atoms with Crippen LogP contribution in [0.1, 0.15) is 29.3 Å². The van der Waals surface area contributed by atoms with Crippen LogP contribution < -0.4 is 24.3 Å². The molecule has 6 nitrogen and oxygen atoms in total. The second-order valence-corrected chi connectivity index (χ2v) is 6.56. The number of carbonyl (C=O) groups is 1. The molecule has 3 rings (SSSR count). The third-order valence-electron chi connectivity index (χ3n) is 3.83. The zero-order valence-corrected chi connectivity index (χ0v) is 16.2. The van der Waals surface area contributed by atoms with Gasteiger partial charge in [-0.2, -0.15) is 0 Å². The van der Waals surface area contributed by atoms with E-state index in [0.29, 0.717) is 40.4 Å². The van der Waals surface area contributed by atoms with Gasteiger partial charge in [0.1, 0.15) is 0 Å². The molecule has 2 aromatic carbocycles. The van der Waals surface area contributed by atoms with Gasteiger partial charge in [0.05, 0.1) is 18.2 Å². The normalized spacial score (nSPS) is 12.0. The molecule has 0 spiro atoms. The highest BCUT2D eigenvalue weighted by atomic mass is 79.9. The van der Waals surface area contributed by atoms with E-state index in [9.17, 15) is 4.79 Å². The average Bonchev–Trinajstić information content (AvgIpc) is 3.12. The van der Waals surface area contributed by atoms with E-state index in [4.69, 9.17) is 18.9 Å². The smallest absolute Gasteiger partial charge is 0.251 e. The number of methoxy groups -OCH3 is 1. The van der Waals surface area contributed by atoms with Crippen LogP contribution in [0.15, 0.2) is 34.8 Å². The van der Waals surface area contributed by atoms with E-state index in [2.05, 4.69) is 21.2 Å². The van der Waals surface area contributed by atoms with Gasteiger partial charge in [0.2, 0.25) is 6.79 Å². The molecule has 1 aliphatic rings. The van der Waals surface area contributed by atoms with Gasteiger partial charge in [-0.1, -0.05) is 13.0 Å². The summed E-state index contributed by atoms with van der Waals surface area (Å²) in [6.07, 6.45) is 0.882. The zero-order valence-electron chi connectivity index (χ0n) is 14.6. The number of halogens is 1. The fourth-order valence-electron chi connectivity index (χ4n) is 2.53. The molecular weight excluding hydrogens is 402 g/mol. The molecule has 0 saturated carbocycles. The topological polar surface area (TPSA) is 66.0 Å². The maximum atomic E-state index is 12.5. The second kappa shape index (κ2) is 8.31. The minimum absolute atomic E-state index is 0.205. The Hall–Kier alpha value is -2.41. The molecule has 1 aliphatic heterocycles. The summed E-state index contributed by atoms with van der Waals surface area (Å²) >= 11 is 3.45. The van der Waals surface area contributed by atoms with Gasteiger partial charge in [0, 0.05) is 12.1 Å². The fourth-order valence-corrected chi connectivity index (χ4v) is 3.09. The molecule has 0 atom stereocenters. The average molecular weight is 422 g/mol. The lowest BCUT2D eigenvalue weighted by molar-refractivity contribution is 0.0950. The summed E-state index contributed by atoms with van der Waals surface area (Å²) in [5, 5.41) is 2.90. The lowest BCUT2D eigenvalue weighted by Gasteiger charge is -2.14. The first-order chi connectivity index (χ1) is 12.6. The van der Waals surface area contributed by atoms with Crippen LogP contribution >= 0.6 is 15.9 Å². The number of amides is 1. The van der Waals surface area contributed by atoms with Crippen LogP contribution in [0.2, 0.25) is 0 Å². The molecule has 0 radical (unpaired) electrons. The summed E-state index contributed by atoms with van der Waals surface area (Å²) in [6, 6.07) is 8.99. The first-order valence-corrected chi connectivity index (χ1v) is 9.08. The lowest BCUT2D eigenvalue weighted by atomic mass is 10.1. The van der Waals surface area contributed by atoms with Gasteiger partial charge < -0.3 is 24.3 Å². The van der Waals surface area contributed by atoms with Gasteiger partial charge in [-0.15, -0.1) is 0 Å². The van der Waals surface area contributed by atoms with E-state index >= 15 is 0 Å². The molecule has 1 heterocycles. The van der Waals surface area contributed by atoms with Crippen molar-refractivity contribution in [3.05, 3.63) is 45.9 Å². The highest BCUT2D eigenvalue weighted by molar-refractivity contribution is 9.10. The van der Waals surface area contributed by atoms with Crippen LogP contribution in [-0.2, 0) is 6.54 Å². The summed E-state index contributed by atoms with van der Waals surface area (Å²) < 4.78 is 22.4. The van der Waals surface area contributed by atoms with Crippen molar-refractivity contribution in [3.63, 3.8) is 0 Å². The second-order valence-electron chi connectivity index (χ2n) is 5.71. The van der Waals surface area contributed by atoms with E-state index < -0.39 is 0 Å². The van der Waals surface area contributed by atoms with Gasteiger partial charge in [-0.05, 0) is 52.2 Å². The van der Waals surface area contributed by atoms with Crippen LogP contribution in [-0.4, -0.2) is 26.4 Å². The molecule has 26 heavy (non-hydrogen) atoms. The van der Waals surface area contributed by atoms with Crippen LogP contribution in [0.4, 0.5) is 0 Å². The fraction of sp³-hybridized carbons (Fsp3) is 0.316. The molecule has 0 aromatic heterocycles. The summed E-state index contributed by atoms with van der Waals surface area (Å²) in [6.45, 7) is 3.21. The molecule has 0 unspecified atom stereocenters. The van der Waals surface area contributed by atoms with Gasteiger partial charge in [-0.3, -0.25) is 4.79 Å². The zero-order chi connectivity index (χ0) is 18.5. The summed E-state index contributed by atoms with van der Waals surface area (Å²) in [5.74, 6) is 2.32.